The van der Waals surface area contributed by atoms with Crippen molar-refractivity contribution < 1.29 is 0 Å². The van der Waals surface area contributed by atoms with Crippen molar-refractivity contribution in [1.82, 2.24) is 0 Å². The molecule has 0 saturated carbocycles. The Kier molecular flexibility index (Phi) is 4.62. The zero-order valence-electron chi connectivity index (χ0n) is 5.15. The second-order valence-corrected chi connectivity index (χ2v) is 3.12. The van der Waals surface area contributed by atoms with E-state index < -0.39 is 0 Å². The molecule has 0 rings (SSSR count). The van der Waals surface area contributed by atoms with E-state index in [1.54, 1.807) is 6.92 Å². The molecule has 0 heterocycles. The molecule has 0 bridgehead atoms. The van der Waals surface area contributed by atoms with Gasteiger partial charge in [-0.1, -0.05) is 29.4 Å². The highest BCUT2D eigenvalue weighted by atomic mass is 35.5. The number of nitrogens with two attached hydrogens (primary N) is 1. The molecule has 0 aliphatic carbocycles. The molecule has 0 aromatic carbocycles. The Hall–Kier alpha value is -0.150. The fourth-order valence-corrected chi connectivity index (χ4v) is 0.928. The number of halogens is 1. The summed E-state index contributed by atoms with van der Waals surface area (Å²) in [5.74, 6) is 0.685. The number of thioether (sulfide) groups is 1. The molecule has 0 amide bonds. The number of nitrogens with one attached hydrogen (secondary N) is 1. The Morgan fingerprint density at radius 3 is 2.78 bits per heavy atom. The summed E-state index contributed by atoms with van der Waals surface area (Å²) in [5.41, 5.74) is 5.05. The normalized spacial score (nSPS) is 11.6. The summed E-state index contributed by atoms with van der Waals surface area (Å²) in [6.07, 6.45) is 1.81. The maximum Gasteiger partial charge on any atom is 0.151 e. The molecular weight excluding hydrogens is 156 g/mol. The first kappa shape index (κ1) is 8.85. The van der Waals surface area contributed by atoms with Gasteiger partial charge in [-0.05, 0) is 6.92 Å². The lowest BCUT2D eigenvalue weighted by molar-refractivity contribution is 1.50. The van der Waals surface area contributed by atoms with E-state index in [0.717, 1.165) is 5.03 Å². The molecular formula is C5H9ClN2S. The quantitative estimate of drug-likeness (QED) is 0.483. The van der Waals surface area contributed by atoms with E-state index in [9.17, 15) is 0 Å². The van der Waals surface area contributed by atoms with Crippen LogP contribution in [0, 0.1) is 5.41 Å². The van der Waals surface area contributed by atoms with Gasteiger partial charge in [0.15, 0.2) is 5.17 Å². The zero-order valence-corrected chi connectivity index (χ0v) is 6.72. The van der Waals surface area contributed by atoms with Crippen molar-refractivity contribution in [3.8, 4) is 0 Å². The van der Waals surface area contributed by atoms with Crippen LogP contribution >= 0.6 is 23.4 Å². The first-order valence-electron chi connectivity index (χ1n) is 2.42. The van der Waals surface area contributed by atoms with Crippen LogP contribution in [-0.4, -0.2) is 10.9 Å². The summed E-state index contributed by atoms with van der Waals surface area (Å²) in [5, 5.41) is 7.68. The second kappa shape index (κ2) is 4.70. The van der Waals surface area contributed by atoms with E-state index in [1.807, 2.05) is 6.08 Å². The molecule has 0 spiro atoms. The number of amidine groups is 1. The molecule has 0 aliphatic heterocycles. The smallest absolute Gasteiger partial charge is 0.151 e. The van der Waals surface area contributed by atoms with Crippen LogP contribution in [-0.2, 0) is 0 Å². The first-order valence-corrected chi connectivity index (χ1v) is 3.78. The largest absolute Gasteiger partial charge is 0.379 e. The summed E-state index contributed by atoms with van der Waals surface area (Å²) in [4.78, 5) is 0. The highest BCUT2D eigenvalue weighted by Crippen LogP contribution is 2.03. The average molecular weight is 165 g/mol. The van der Waals surface area contributed by atoms with Gasteiger partial charge in [-0.3, -0.25) is 5.41 Å². The van der Waals surface area contributed by atoms with E-state index in [1.165, 1.54) is 11.8 Å². The van der Waals surface area contributed by atoms with Crippen LogP contribution in [0.5, 0.6) is 0 Å². The fourth-order valence-electron chi connectivity index (χ4n) is 0.246. The first-order chi connectivity index (χ1) is 4.13. The van der Waals surface area contributed by atoms with Crippen LogP contribution < -0.4 is 5.73 Å². The summed E-state index contributed by atoms with van der Waals surface area (Å²) < 4.78 is 0. The Morgan fingerprint density at radius 2 is 2.44 bits per heavy atom. The van der Waals surface area contributed by atoms with Gasteiger partial charge in [-0.15, -0.1) is 0 Å². The van der Waals surface area contributed by atoms with Crippen LogP contribution in [0.2, 0.25) is 0 Å². The lowest BCUT2D eigenvalue weighted by Crippen LogP contribution is -2.03. The van der Waals surface area contributed by atoms with Gasteiger partial charge < -0.3 is 5.73 Å². The molecule has 0 saturated heterocycles. The molecule has 3 N–H and O–H groups in total. The van der Waals surface area contributed by atoms with Crippen molar-refractivity contribution in [1.29, 1.82) is 5.41 Å². The number of hydrogen-bond acceptors (Lipinski definition) is 2. The van der Waals surface area contributed by atoms with Crippen LogP contribution in [0.3, 0.4) is 0 Å². The van der Waals surface area contributed by atoms with E-state index in [0.29, 0.717) is 5.75 Å². The van der Waals surface area contributed by atoms with Crippen LogP contribution in [0.4, 0.5) is 0 Å². The monoisotopic (exact) mass is 164 g/mol. The van der Waals surface area contributed by atoms with Gasteiger partial charge in [0.1, 0.15) is 0 Å². The maximum atomic E-state index is 6.81. The molecule has 0 aromatic heterocycles. The summed E-state index contributed by atoms with van der Waals surface area (Å²) in [6, 6.07) is 0. The predicted molar refractivity (Wildman–Crippen MR) is 44.0 cm³/mol. The fraction of sp³-hybridized carbons (Fsp3) is 0.400. The Bertz CT molecular complexity index is 129. The molecule has 4 heteroatoms. The predicted octanol–water partition coefficient (Wildman–Crippen LogP) is 1.76. The van der Waals surface area contributed by atoms with Gasteiger partial charge in [0.05, 0.1) is 0 Å². The Morgan fingerprint density at radius 1 is 1.89 bits per heavy atom. The van der Waals surface area contributed by atoms with E-state index in [2.05, 4.69) is 0 Å². The minimum atomic E-state index is 0.129. The third-order valence-electron chi connectivity index (χ3n) is 0.603. The highest BCUT2D eigenvalue weighted by molar-refractivity contribution is 8.13. The second-order valence-electron chi connectivity index (χ2n) is 1.47. The standard InChI is InChI=1S/C5H9ClN2S/c1-4(6)2-3-9-5(7)8/h2H,3H2,1H3,(H3,7,8). The lowest BCUT2D eigenvalue weighted by atomic mass is 10.6. The molecule has 0 unspecified atom stereocenters. The highest BCUT2D eigenvalue weighted by Gasteiger charge is 1.86. The van der Waals surface area contributed by atoms with Gasteiger partial charge in [0.2, 0.25) is 0 Å². The molecule has 0 radical (unpaired) electrons. The summed E-state index contributed by atoms with van der Waals surface area (Å²) >= 11 is 6.76. The van der Waals surface area contributed by atoms with Gasteiger partial charge in [0.25, 0.3) is 0 Å². The van der Waals surface area contributed by atoms with Crippen molar-refractivity contribution in [2.24, 2.45) is 5.73 Å². The molecule has 0 atom stereocenters. The van der Waals surface area contributed by atoms with Gasteiger partial charge in [-0.2, -0.15) is 0 Å². The van der Waals surface area contributed by atoms with Crippen molar-refractivity contribution in [3.63, 3.8) is 0 Å². The molecule has 9 heavy (non-hydrogen) atoms. The molecule has 0 aliphatic rings. The van der Waals surface area contributed by atoms with Crippen molar-refractivity contribution in [2.75, 3.05) is 5.75 Å². The van der Waals surface area contributed by atoms with Crippen LogP contribution in [0.1, 0.15) is 6.92 Å². The summed E-state index contributed by atoms with van der Waals surface area (Å²) in [7, 11) is 0. The zero-order chi connectivity index (χ0) is 7.28. The van der Waals surface area contributed by atoms with Crippen LogP contribution in [0.25, 0.3) is 0 Å². The molecule has 0 aromatic rings. The minimum Gasteiger partial charge on any atom is -0.379 e. The number of allylic oxidation sites excluding steroid dienone is 1. The van der Waals surface area contributed by atoms with Gasteiger partial charge >= 0.3 is 0 Å². The number of hydrogen-bond donors (Lipinski definition) is 2. The van der Waals surface area contributed by atoms with Crippen molar-refractivity contribution >= 4 is 28.5 Å². The van der Waals surface area contributed by atoms with E-state index in [4.69, 9.17) is 22.7 Å². The average Bonchev–Trinajstić information content (AvgIpc) is 1.63. The molecule has 52 valence electrons. The van der Waals surface area contributed by atoms with Gasteiger partial charge in [0, 0.05) is 10.8 Å². The van der Waals surface area contributed by atoms with Gasteiger partial charge in [-0.25, -0.2) is 0 Å². The van der Waals surface area contributed by atoms with Crippen molar-refractivity contribution in [2.45, 2.75) is 6.92 Å². The lowest BCUT2D eigenvalue weighted by Gasteiger charge is -1.90. The Balaban J connectivity index is 3.31. The number of rotatable bonds is 2. The topological polar surface area (TPSA) is 49.9 Å². The maximum absolute atomic E-state index is 6.81. The molecule has 2 nitrogen and oxygen atoms in total. The van der Waals surface area contributed by atoms with Crippen molar-refractivity contribution in [3.05, 3.63) is 11.1 Å². The van der Waals surface area contributed by atoms with E-state index >= 15 is 0 Å². The van der Waals surface area contributed by atoms with E-state index in [-0.39, 0.29) is 5.17 Å². The SMILES string of the molecule is CC(Cl)=CCSC(=N)N. The minimum absolute atomic E-state index is 0.129. The molecule has 0 fully saturated rings. The third kappa shape index (κ3) is 7.85. The van der Waals surface area contributed by atoms with Crippen LogP contribution in [0.15, 0.2) is 11.1 Å². The Labute approximate surface area is 64.0 Å². The third-order valence-corrected chi connectivity index (χ3v) is 1.40. The summed E-state index contributed by atoms with van der Waals surface area (Å²) in [6.45, 7) is 1.79.